The van der Waals surface area contributed by atoms with E-state index in [1.807, 2.05) is 31.2 Å². The smallest absolute Gasteiger partial charge is 0.417 e. The lowest BCUT2D eigenvalue weighted by atomic mass is 10.0. The number of ether oxygens (including phenoxy) is 1. The molecule has 0 saturated heterocycles. The van der Waals surface area contributed by atoms with Gasteiger partial charge in [0.2, 0.25) is 0 Å². The van der Waals surface area contributed by atoms with E-state index < -0.39 is 28.8 Å². The Morgan fingerprint density at radius 3 is 2.21 bits per heavy atom. The first-order chi connectivity index (χ1) is 19.9. The number of carboxylic acids is 1. The van der Waals surface area contributed by atoms with Gasteiger partial charge in [0.1, 0.15) is 23.5 Å². The molecule has 1 aromatic heterocycles. The monoisotopic (exact) mass is 608 g/mol. The maximum atomic E-state index is 12.3. The number of aromatic nitrogens is 1. The van der Waals surface area contributed by atoms with Crippen LogP contribution in [0.3, 0.4) is 0 Å². The molecule has 0 aliphatic heterocycles. The first-order valence-corrected chi connectivity index (χ1v) is 13.2. The maximum absolute atomic E-state index is 12.3. The van der Waals surface area contributed by atoms with Crippen LogP contribution in [0.1, 0.15) is 70.8 Å². The molecule has 0 spiro atoms. The van der Waals surface area contributed by atoms with Crippen LogP contribution in [0.4, 0.5) is 13.2 Å². The number of ketones is 1. The highest BCUT2D eigenvalue weighted by molar-refractivity contribution is 6.69. The Bertz CT molecular complexity index is 1460. The molecule has 1 heterocycles. The van der Waals surface area contributed by atoms with Crippen molar-refractivity contribution in [2.45, 2.75) is 51.1 Å². The van der Waals surface area contributed by atoms with E-state index in [-0.39, 0.29) is 35.2 Å². The summed E-state index contributed by atoms with van der Waals surface area (Å²) in [7, 11) is 1.29. The van der Waals surface area contributed by atoms with Gasteiger partial charge in [-0.05, 0) is 44.2 Å². The highest BCUT2D eigenvalue weighted by Gasteiger charge is 2.36. The first kappa shape index (κ1) is 32.3. The van der Waals surface area contributed by atoms with Crippen molar-refractivity contribution in [3.63, 3.8) is 0 Å². The van der Waals surface area contributed by atoms with Crippen LogP contribution in [0.25, 0.3) is 11.3 Å². The van der Waals surface area contributed by atoms with Crippen LogP contribution in [0.2, 0.25) is 0 Å². The van der Waals surface area contributed by atoms with Gasteiger partial charge in [-0.25, -0.2) is 4.79 Å². The summed E-state index contributed by atoms with van der Waals surface area (Å²) >= 11 is 5.30. The topological polar surface area (TPSA) is 139 Å². The number of rotatable bonds is 7. The molecule has 9 nitrogen and oxygen atoms in total. The van der Waals surface area contributed by atoms with Crippen LogP contribution in [0.5, 0.6) is 0 Å². The quantitative estimate of drug-likeness (QED) is 0.0977. The molecule has 13 heteroatoms. The Kier molecular flexibility index (Phi) is 10.9. The number of hydrogen-bond donors (Lipinski definition) is 2. The number of hydrogen-bond acceptors (Lipinski definition) is 8. The van der Waals surface area contributed by atoms with E-state index in [0.29, 0.717) is 11.5 Å². The average molecular weight is 609 g/mol. The number of carbonyl (C=O) groups is 3. The second kappa shape index (κ2) is 14.1. The van der Waals surface area contributed by atoms with Crippen LogP contribution in [-0.4, -0.2) is 45.5 Å². The second-order valence-electron chi connectivity index (χ2n) is 9.59. The summed E-state index contributed by atoms with van der Waals surface area (Å²) in [5, 5.41) is 23.5. The van der Waals surface area contributed by atoms with E-state index in [1.165, 1.54) is 19.2 Å². The minimum absolute atomic E-state index is 0.0341. The zero-order valence-corrected chi connectivity index (χ0v) is 23.4. The third-order valence-corrected chi connectivity index (χ3v) is 6.68. The van der Waals surface area contributed by atoms with Gasteiger partial charge in [0.05, 0.1) is 12.7 Å². The van der Waals surface area contributed by atoms with E-state index in [9.17, 15) is 32.7 Å². The van der Waals surface area contributed by atoms with Crippen LogP contribution in [-0.2, 0) is 20.5 Å². The number of benzene rings is 2. The van der Waals surface area contributed by atoms with Gasteiger partial charge in [0, 0.05) is 23.0 Å². The zero-order chi connectivity index (χ0) is 31.0. The average Bonchev–Trinajstić information content (AvgIpc) is 3.90. The van der Waals surface area contributed by atoms with Crippen molar-refractivity contribution in [2.75, 3.05) is 7.11 Å². The van der Waals surface area contributed by atoms with Crippen LogP contribution < -0.4 is 0 Å². The van der Waals surface area contributed by atoms with E-state index in [4.69, 9.17) is 21.3 Å². The van der Waals surface area contributed by atoms with Crippen LogP contribution >= 0.6 is 11.6 Å². The van der Waals surface area contributed by atoms with E-state index >= 15 is 0 Å². The van der Waals surface area contributed by atoms with Gasteiger partial charge < -0.3 is 19.6 Å². The Balaban J connectivity index is 0.000000181. The van der Waals surface area contributed by atoms with E-state index in [0.717, 1.165) is 48.9 Å². The van der Waals surface area contributed by atoms with Crippen molar-refractivity contribution in [1.82, 2.24) is 5.16 Å². The van der Waals surface area contributed by atoms with Crippen LogP contribution in [0.15, 0.2) is 58.2 Å². The number of nitrogens with zero attached hydrogens (tertiary/aromatic N) is 2. The zero-order valence-electron chi connectivity index (χ0n) is 22.7. The first-order valence-electron chi connectivity index (χ1n) is 12.8. The molecular formula is C29H28ClF3N2O7. The van der Waals surface area contributed by atoms with Gasteiger partial charge in [-0.15, -0.1) is 0 Å². The van der Waals surface area contributed by atoms with Crippen molar-refractivity contribution in [2.24, 2.45) is 11.1 Å². The third-order valence-electron chi connectivity index (χ3n) is 6.40. The number of aromatic carboxylic acids is 1. The predicted octanol–water partition coefficient (Wildman–Crippen LogP) is 6.83. The SMILES string of the molecule is COC(=O)CC(=O)C1CC1.Cc1ccccc1-c1noc(C2CC2)c1C(=O)O.O/N=C(\Cl)c1ccccc1C(F)(F)F. The molecule has 2 aromatic carbocycles. The Morgan fingerprint density at radius 2 is 1.69 bits per heavy atom. The molecule has 0 radical (unpaired) electrons. The second-order valence-corrected chi connectivity index (χ2v) is 9.95. The molecule has 0 atom stereocenters. The lowest BCUT2D eigenvalue weighted by Crippen LogP contribution is -2.10. The molecule has 2 aliphatic carbocycles. The molecule has 2 saturated carbocycles. The summed E-state index contributed by atoms with van der Waals surface area (Å²) in [5.74, 6) is -0.415. The maximum Gasteiger partial charge on any atom is 0.417 e. The Labute approximate surface area is 243 Å². The van der Waals surface area contributed by atoms with E-state index in [1.54, 1.807) is 0 Å². The largest absolute Gasteiger partial charge is 0.477 e. The van der Waals surface area contributed by atoms with Crippen molar-refractivity contribution < 1.29 is 47.1 Å². The van der Waals surface area contributed by atoms with Gasteiger partial charge in [-0.2, -0.15) is 13.2 Å². The van der Waals surface area contributed by atoms with Gasteiger partial charge in [-0.3, -0.25) is 9.59 Å². The molecule has 0 unspecified atom stereocenters. The fourth-order valence-electron chi connectivity index (χ4n) is 3.88. The van der Waals surface area contributed by atoms with Gasteiger partial charge >= 0.3 is 18.1 Å². The lowest BCUT2D eigenvalue weighted by Gasteiger charge is -2.10. The fourth-order valence-corrected chi connectivity index (χ4v) is 4.05. The fraction of sp³-hybridized carbons (Fsp3) is 0.345. The number of Topliss-reactive ketones (excluding diaryl/α,β-unsaturated/α-hetero) is 1. The number of carbonyl (C=O) groups excluding carboxylic acids is 2. The minimum Gasteiger partial charge on any atom is -0.477 e. The van der Waals surface area contributed by atoms with Gasteiger partial charge in [-0.1, -0.05) is 64.4 Å². The minimum atomic E-state index is -4.51. The number of oxime groups is 1. The molecule has 2 fully saturated rings. The molecule has 5 rings (SSSR count). The van der Waals surface area contributed by atoms with E-state index in [2.05, 4.69) is 15.0 Å². The Morgan fingerprint density at radius 1 is 1.07 bits per heavy atom. The number of alkyl halides is 3. The molecule has 0 amide bonds. The molecule has 224 valence electrons. The number of halogens is 4. The summed E-state index contributed by atoms with van der Waals surface area (Å²) in [6, 6.07) is 12.2. The van der Waals surface area contributed by atoms with Crippen molar-refractivity contribution in [1.29, 1.82) is 0 Å². The van der Waals surface area contributed by atoms with Gasteiger partial charge in [0.15, 0.2) is 10.9 Å². The molecule has 2 aliphatic rings. The van der Waals surface area contributed by atoms with Crippen LogP contribution in [0, 0.1) is 12.8 Å². The number of carboxylic acid groups (broad SMARTS) is 1. The van der Waals surface area contributed by atoms with Crippen molar-refractivity contribution in [3.05, 3.63) is 76.5 Å². The number of esters is 1. The summed E-state index contributed by atoms with van der Waals surface area (Å²) in [6.07, 6.45) is -0.667. The molecule has 2 N–H and O–H groups in total. The van der Waals surface area contributed by atoms with Crippen molar-refractivity contribution in [3.8, 4) is 11.3 Å². The highest BCUT2D eigenvalue weighted by atomic mass is 35.5. The summed E-state index contributed by atoms with van der Waals surface area (Å²) in [6.45, 7) is 1.94. The predicted molar refractivity (Wildman–Crippen MR) is 146 cm³/mol. The number of methoxy groups -OCH3 is 1. The van der Waals surface area contributed by atoms with Gasteiger partial charge in [0.25, 0.3) is 0 Å². The molecule has 0 bridgehead atoms. The highest BCUT2D eigenvalue weighted by Crippen LogP contribution is 2.44. The summed E-state index contributed by atoms with van der Waals surface area (Å²) < 4.78 is 46.6. The lowest BCUT2D eigenvalue weighted by molar-refractivity contribution is -0.143. The summed E-state index contributed by atoms with van der Waals surface area (Å²) in [4.78, 5) is 32.8. The molecular weight excluding hydrogens is 581 g/mol. The standard InChI is InChI=1S/C14H13NO3.C8H5ClF3NO.C7H10O3/c1-8-4-2-3-5-10(8)12-11(14(16)17)13(18-15-12)9-6-7-9;9-7(13-14)5-3-1-2-4-6(5)8(10,11)12;1-10-7(9)4-6(8)5-2-3-5/h2-5,9H,6-7H2,1H3,(H,16,17);1-4,14H;5H,2-4H2,1H3/b;13-7-;. The number of aryl methyl sites for hydroxylation is 1. The normalized spacial score (nSPS) is 14.6. The molecule has 42 heavy (non-hydrogen) atoms. The molecule has 3 aromatic rings. The Hall–Kier alpha value is -4.19. The summed E-state index contributed by atoms with van der Waals surface area (Å²) in [5.41, 5.74) is 1.22. The van der Waals surface area contributed by atoms with Crippen molar-refractivity contribution >= 4 is 34.5 Å². The third kappa shape index (κ3) is 8.65.